The van der Waals surface area contributed by atoms with Crippen molar-refractivity contribution in [3.8, 4) is 0 Å². The van der Waals surface area contributed by atoms with Gasteiger partial charge in [-0.1, -0.05) is 0 Å². The fraction of sp³-hybridized carbons (Fsp3) is 0.222. The lowest BCUT2D eigenvalue weighted by atomic mass is 10.3. The number of carboxylic acid groups (broad SMARTS) is 2. The number of carbonyl (C=O) groups excluding carboxylic acids is 1. The zero-order valence-electron chi connectivity index (χ0n) is 8.76. The van der Waals surface area contributed by atoms with Crippen molar-refractivity contribution in [1.29, 1.82) is 0 Å². The van der Waals surface area contributed by atoms with E-state index in [1.54, 1.807) is 0 Å². The fourth-order valence-corrected chi connectivity index (χ4v) is 1.75. The van der Waals surface area contributed by atoms with Crippen LogP contribution in [0, 0.1) is 0 Å². The second-order valence-electron chi connectivity index (χ2n) is 3.13. The van der Waals surface area contributed by atoms with Gasteiger partial charge in [0.05, 0.1) is 5.56 Å². The van der Waals surface area contributed by atoms with Crippen molar-refractivity contribution in [2.24, 2.45) is 0 Å². The van der Waals surface area contributed by atoms with Crippen LogP contribution in [0.25, 0.3) is 0 Å². The minimum absolute atomic E-state index is 0.0341. The molecule has 1 aromatic heterocycles. The molecule has 7 nitrogen and oxygen atoms in total. The van der Waals surface area contributed by atoms with Crippen molar-refractivity contribution < 1.29 is 24.6 Å². The molecule has 1 aromatic rings. The number of rotatable bonds is 4. The van der Waals surface area contributed by atoms with Gasteiger partial charge < -0.3 is 15.5 Å². The van der Waals surface area contributed by atoms with Crippen LogP contribution < -0.4 is 10.6 Å². The maximum absolute atomic E-state index is 11.3. The van der Waals surface area contributed by atoms with Crippen LogP contribution in [0.3, 0.4) is 0 Å². The van der Waals surface area contributed by atoms with E-state index in [0.717, 1.165) is 11.3 Å². The first-order valence-electron chi connectivity index (χ1n) is 4.53. The lowest BCUT2D eigenvalue weighted by molar-refractivity contribution is -0.138. The Labute approximate surface area is 100 Å². The lowest BCUT2D eigenvalue weighted by Gasteiger charge is -2.09. The van der Waals surface area contributed by atoms with Gasteiger partial charge in [0.15, 0.2) is 0 Å². The molecule has 0 bridgehead atoms. The number of carboxylic acids is 2. The maximum Gasteiger partial charge on any atom is 0.338 e. The normalized spacial score (nSPS) is 11.6. The number of hydrogen-bond donors (Lipinski definition) is 4. The fourth-order valence-electron chi connectivity index (χ4n) is 0.972. The van der Waals surface area contributed by atoms with Gasteiger partial charge >= 0.3 is 18.0 Å². The number of hydrogen-bond acceptors (Lipinski definition) is 4. The van der Waals surface area contributed by atoms with E-state index in [-0.39, 0.29) is 10.6 Å². The van der Waals surface area contributed by atoms with Gasteiger partial charge in [-0.05, 0) is 18.4 Å². The number of anilines is 1. The molecule has 1 atom stereocenters. The highest BCUT2D eigenvalue weighted by molar-refractivity contribution is 7.14. The molecule has 17 heavy (non-hydrogen) atoms. The second-order valence-corrected chi connectivity index (χ2v) is 4.04. The predicted octanol–water partition coefficient (Wildman–Crippen LogP) is 1.04. The summed E-state index contributed by atoms with van der Waals surface area (Å²) in [6.45, 7) is 1.30. The number of thiophene rings is 1. The van der Waals surface area contributed by atoms with Crippen molar-refractivity contribution in [3.63, 3.8) is 0 Å². The third kappa shape index (κ3) is 3.45. The van der Waals surface area contributed by atoms with Gasteiger partial charge in [-0.2, -0.15) is 0 Å². The predicted molar refractivity (Wildman–Crippen MR) is 60.5 cm³/mol. The lowest BCUT2D eigenvalue weighted by Crippen LogP contribution is -2.40. The minimum Gasteiger partial charge on any atom is -0.480 e. The summed E-state index contributed by atoms with van der Waals surface area (Å²) < 4.78 is 0. The molecule has 1 heterocycles. The van der Waals surface area contributed by atoms with Crippen LogP contribution in [0.1, 0.15) is 17.3 Å². The van der Waals surface area contributed by atoms with E-state index in [9.17, 15) is 14.4 Å². The number of amides is 2. The highest BCUT2D eigenvalue weighted by Gasteiger charge is 2.17. The summed E-state index contributed by atoms with van der Waals surface area (Å²) >= 11 is 1.04. The number of aliphatic carboxylic acids is 1. The Morgan fingerprint density at radius 3 is 2.53 bits per heavy atom. The van der Waals surface area contributed by atoms with E-state index in [0.29, 0.717) is 0 Å². The van der Waals surface area contributed by atoms with E-state index in [4.69, 9.17) is 10.2 Å². The number of nitrogens with one attached hydrogen (secondary N) is 2. The monoisotopic (exact) mass is 258 g/mol. The largest absolute Gasteiger partial charge is 0.480 e. The van der Waals surface area contributed by atoms with Gasteiger partial charge in [0.2, 0.25) is 0 Å². The maximum atomic E-state index is 11.3. The van der Waals surface area contributed by atoms with Gasteiger partial charge in [-0.15, -0.1) is 11.3 Å². The molecule has 92 valence electrons. The van der Waals surface area contributed by atoms with Crippen LogP contribution in [-0.4, -0.2) is 34.2 Å². The average Bonchev–Trinajstić information content (AvgIpc) is 2.65. The summed E-state index contributed by atoms with van der Waals surface area (Å²) in [5, 5.41) is 23.4. The highest BCUT2D eigenvalue weighted by atomic mass is 32.1. The van der Waals surface area contributed by atoms with Crippen molar-refractivity contribution in [2.45, 2.75) is 13.0 Å². The van der Waals surface area contributed by atoms with E-state index < -0.39 is 24.0 Å². The van der Waals surface area contributed by atoms with Crippen LogP contribution in [0.5, 0.6) is 0 Å². The van der Waals surface area contributed by atoms with E-state index in [1.807, 2.05) is 0 Å². The average molecular weight is 258 g/mol. The molecular formula is C9H10N2O5S. The van der Waals surface area contributed by atoms with Crippen LogP contribution in [0.2, 0.25) is 0 Å². The summed E-state index contributed by atoms with van der Waals surface area (Å²) in [5.41, 5.74) is -0.0341. The minimum atomic E-state index is -1.18. The van der Waals surface area contributed by atoms with Gasteiger partial charge in [-0.25, -0.2) is 9.59 Å². The van der Waals surface area contributed by atoms with E-state index in [2.05, 4.69) is 10.6 Å². The molecule has 1 unspecified atom stereocenters. The standard InChI is InChI=1S/C9H10N2O5S/c1-4(7(12)13)10-9(16)11-6-5(8(14)15)2-3-17-6/h2-4H,1H3,(H,12,13)(H,14,15)(H2,10,11,16). The Morgan fingerprint density at radius 2 is 2.00 bits per heavy atom. The quantitative estimate of drug-likeness (QED) is 0.644. The summed E-state index contributed by atoms with van der Waals surface area (Å²) in [6, 6.07) is -0.462. The molecule has 0 aromatic carbocycles. The molecule has 1 rings (SSSR count). The Kier molecular flexibility index (Phi) is 4.05. The summed E-state index contributed by atoms with van der Waals surface area (Å²) in [4.78, 5) is 32.5. The van der Waals surface area contributed by atoms with Crippen molar-refractivity contribution in [3.05, 3.63) is 17.0 Å². The first kappa shape index (κ1) is 13.0. The molecule has 8 heteroatoms. The molecule has 0 saturated heterocycles. The topological polar surface area (TPSA) is 116 Å². The number of aromatic carboxylic acids is 1. The molecule has 0 aliphatic rings. The first-order chi connectivity index (χ1) is 7.91. The van der Waals surface area contributed by atoms with Crippen LogP contribution in [0.15, 0.2) is 11.4 Å². The van der Waals surface area contributed by atoms with Crippen LogP contribution in [-0.2, 0) is 4.79 Å². The molecule has 0 fully saturated rings. The van der Waals surface area contributed by atoms with Crippen LogP contribution >= 0.6 is 11.3 Å². The molecule has 4 N–H and O–H groups in total. The Bertz CT molecular complexity index is 456. The summed E-state index contributed by atoms with van der Waals surface area (Å²) in [5.74, 6) is -2.34. The zero-order valence-corrected chi connectivity index (χ0v) is 9.58. The molecule has 0 aliphatic carbocycles. The second kappa shape index (κ2) is 5.30. The molecule has 2 amide bonds. The third-order valence-electron chi connectivity index (χ3n) is 1.84. The first-order valence-corrected chi connectivity index (χ1v) is 5.41. The molecule has 0 spiro atoms. The molecule has 0 saturated carbocycles. The van der Waals surface area contributed by atoms with Gasteiger partial charge in [0.1, 0.15) is 11.0 Å². The SMILES string of the molecule is CC(NC(=O)Nc1sccc1C(=O)O)C(=O)O. The molecule has 0 radical (unpaired) electrons. The van der Waals surface area contributed by atoms with E-state index in [1.165, 1.54) is 18.4 Å². The van der Waals surface area contributed by atoms with Gasteiger partial charge in [0.25, 0.3) is 0 Å². The molecule has 0 aliphatic heterocycles. The third-order valence-corrected chi connectivity index (χ3v) is 2.67. The van der Waals surface area contributed by atoms with Crippen LogP contribution in [0.4, 0.5) is 9.80 Å². The Balaban J connectivity index is 2.65. The van der Waals surface area contributed by atoms with Gasteiger partial charge in [0, 0.05) is 0 Å². The molecular weight excluding hydrogens is 248 g/mol. The van der Waals surface area contributed by atoms with Gasteiger partial charge in [-0.3, -0.25) is 10.1 Å². The van der Waals surface area contributed by atoms with Crippen molar-refractivity contribution in [2.75, 3.05) is 5.32 Å². The Morgan fingerprint density at radius 1 is 1.35 bits per heavy atom. The Hall–Kier alpha value is -2.09. The summed E-state index contributed by atoms with van der Waals surface area (Å²) in [6.07, 6.45) is 0. The smallest absolute Gasteiger partial charge is 0.338 e. The number of urea groups is 1. The zero-order chi connectivity index (χ0) is 13.0. The summed E-state index contributed by atoms with van der Waals surface area (Å²) in [7, 11) is 0. The van der Waals surface area contributed by atoms with Crippen molar-refractivity contribution in [1.82, 2.24) is 5.32 Å². The van der Waals surface area contributed by atoms with Crippen molar-refractivity contribution >= 4 is 34.3 Å². The highest BCUT2D eigenvalue weighted by Crippen LogP contribution is 2.22. The van der Waals surface area contributed by atoms with E-state index >= 15 is 0 Å². The number of carbonyl (C=O) groups is 3.